The van der Waals surface area contributed by atoms with Crippen molar-refractivity contribution in [1.82, 2.24) is 0 Å². The van der Waals surface area contributed by atoms with Crippen LogP contribution in [0.3, 0.4) is 0 Å². The summed E-state index contributed by atoms with van der Waals surface area (Å²) in [7, 11) is -0.680. The van der Waals surface area contributed by atoms with E-state index in [1.54, 1.807) is 35.3 Å². The highest BCUT2D eigenvalue weighted by molar-refractivity contribution is 8.31. The van der Waals surface area contributed by atoms with Gasteiger partial charge in [-0.3, -0.25) is 9.00 Å². The van der Waals surface area contributed by atoms with E-state index < -0.39 is 10.8 Å². The maximum Gasteiger partial charge on any atom is 0.199 e. The van der Waals surface area contributed by atoms with Crippen LogP contribution in [0.1, 0.15) is 6.92 Å². The van der Waals surface area contributed by atoms with Crippen LogP contribution in [0.2, 0.25) is 0 Å². The molecule has 5 nitrogen and oxygen atoms in total. The molecule has 0 bridgehead atoms. The average molecular weight is 745 g/mol. The Labute approximate surface area is 274 Å². The lowest BCUT2D eigenvalue weighted by Gasteiger charge is -2.05. The minimum Gasteiger partial charge on any atom is -0.396 e. The molecule has 0 heterocycles. The second kappa shape index (κ2) is 35.7. The molecule has 0 spiro atoms. The topological polar surface area (TPSA) is 72.8 Å². The van der Waals surface area contributed by atoms with Gasteiger partial charge in [-0.15, -0.1) is 94.1 Å². The molecule has 0 aromatic rings. The van der Waals surface area contributed by atoms with Gasteiger partial charge in [0.2, 0.25) is 0 Å². The van der Waals surface area contributed by atoms with E-state index in [1.165, 1.54) is 11.8 Å². The van der Waals surface area contributed by atoms with Gasteiger partial charge < -0.3 is 5.11 Å². The monoisotopic (exact) mass is 744 g/mol. The molecule has 0 aliphatic heterocycles. The van der Waals surface area contributed by atoms with E-state index in [0.29, 0.717) is 19.0 Å². The number of hydrogen-bond acceptors (Lipinski definition) is 16. The van der Waals surface area contributed by atoms with Crippen molar-refractivity contribution in [3.8, 4) is 0 Å². The summed E-state index contributed by atoms with van der Waals surface area (Å²) < 4.78 is 11.8. The third-order valence-electron chi connectivity index (χ3n) is 3.34. The highest BCUT2D eigenvalue weighted by atomic mass is 32.3. The lowest BCUT2D eigenvalue weighted by atomic mass is 10.9. The molecule has 0 aromatic heterocycles. The highest BCUT2D eigenvalue weighted by Gasteiger charge is 2.04. The first-order chi connectivity index (χ1) is 18.2. The van der Waals surface area contributed by atoms with Crippen molar-refractivity contribution in [3.05, 3.63) is 0 Å². The normalized spacial score (nSPS) is 12.3. The van der Waals surface area contributed by atoms with Crippen LogP contribution in [-0.4, -0.2) is 115 Å². The molecule has 17 heteroatoms. The summed E-state index contributed by atoms with van der Waals surface area (Å²) in [6, 6.07) is 0. The van der Waals surface area contributed by atoms with Crippen LogP contribution < -0.4 is 0 Å². The highest BCUT2D eigenvalue weighted by Crippen LogP contribution is 2.25. The first kappa shape index (κ1) is 40.5. The van der Waals surface area contributed by atoms with Crippen molar-refractivity contribution in [1.29, 1.82) is 0 Å². The van der Waals surface area contributed by atoms with Gasteiger partial charge in [-0.05, 0) is 5.75 Å². The Morgan fingerprint density at radius 2 is 1.24 bits per heavy atom. The number of thioether (sulfide) groups is 11. The maximum atomic E-state index is 12.0. The van der Waals surface area contributed by atoms with Crippen LogP contribution in [0.15, 0.2) is 0 Å². The smallest absolute Gasteiger partial charge is 0.199 e. The number of aliphatic hydroxyl groups excluding tert-OH is 1. The first-order valence-corrected chi connectivity index (χ1v) is 25.4. The Hall–Kier alpha value is 3.55. The van der Waals surface area contributed by atoms with E-state index in [0.717, 1.165) is 75.2 Å². The molecular weight excluding hydrogens is 705 g/mol. The van der Waals surface area contributed by atoms with Crippen molar-refractivity contribution < 1.29 is 23.9 Å². The van der Waals surface area contributed by atoms with Gasteiger partial charge in [0.1, 0.15) is 0 Å². The van der Waals surface area contributed by atoms with Gasteiger partial charge in [0, 0.05) is 75.2 Å². The summed E-state index contributed by atoms with van der Waals surface area (Å²) in [5.74, 6) is 6.01. The van der Waals surface area contributed by atoms with Gasteiger partial charge in [0.05, 0.1) is 30.7 Å². The standard InChI is InChI=1S/C20H40O5S12/c1-2-26-9-10-37(23)19-35-17-33-15-32-16-34-18-36-20(22)11-29-13-31-14-30-12-28-8-5-25-24-4-7-27-6-3-21/h21H,2-19H2,1H3. The molecule has 0 radical (unpaired) electrons. The third-order valence-corrected chi connectivity index (χ3v) is 18.5. The number of carbonyl (C=O) groups is 1. The minimum absolute atomic E-state index is 0.207. The Balaban J connectivity index is 3.20. The lowest BCUT2D eigenvalue weighted by Crippen LogP contribution is -2.03. The van der Waals surface area contributed by atoms with E-state index in [-0.39, 0.29) is 11.7 Å². The fraction of sp³-hybridized carbons (Fsp3) is 0.950. The molecule has 1 atom stereocenters. The van der Waals surface area contributed by atoms with Crippen LogP contribution in [0.5, 0.6) is 0 Å². The number of rotatable bonds is 31. The van der Waals surface area contributed by atoms with E-state index in [2.05, 4.69) is 6.92 Å². The summed E-state index contributed by atoms with van der Waals surface area (Å²) in [6.07, 6.45) is 0. The van der Waals surface area contributed by atoms with Gasteiger partial charge in [-0.25, -0.2) is 9.78 Å². The lowest BCUT2D eigenvalue weighted by molar-refractivity contribution is -0.285. The molecule has 37 heavy (non-hydrogen) atoms. The maximum absolute atomic E-state index is 12.0. The molecule has 1 N–H and O–H groups in total. The fourth-order valence-corrected chi connectivity index (χ4v) is 15.8. The third kappa shape index (κ3) is 35.7. The largest absolute Gasteiger partial charge is 0.396 e. The van der Waals surface area contributed by atoms with E-state index in [1.807, 2.05) is 82.3 Å². The van der Waals surface area contributed by atoms with Gasteiger partial charge >= 0.3 is 0 Å². The van der Waals surface area contributed by atoms with Crippen molar-refractivity contribution >= 4 is 145 Å². The summed E-state index contributed by atoms with van der Waals surface area (Å²) in [4.78, 5) is 22.2. The Morgan fingerprint density at radius 1 is 0.676 bits per heavy atom. The van der Waals surface area contributed by atoms with Crippen molar-refractivity contribution in [2.45, 2.75) is 6.92 Å². The van der Waals surface area contributed by atoms with E-state index >= 15 is 0 Å². The molecule has 0 aliphatic rings. The van der Waals surface area contributed by atoms with Gasteiger partial charge in [0.15, 0.2) is 5.12 Å². The van der Waals surface area contributed by atoms with Crippen molar-refractivity contribution in [2.24, 2.45) is 0 Å². The quantitative estimate of drug-likeness (QED) is 0.0344. The zero-order valence-corrected chi connectivity index (χ0v) is 31.0. The zero-order chi connectivity index (χ0) is 27.1. The predicted octanol–water partition coefficient (Wildman–Crippen LogP) is 6.95. The van der Waals surface area contributed by atoms with Crippen LogP contribution in [0.4, 0.5) is 0 Å². The second-order valence-electron chi connectivity index (χ2n) is 6.26. The van der Waals surface area contributed by atoms with Crippen LogP contribution in [0, 0.1) is 0 Å². The molecule has 0 saturated carbocycles. The van der Waals surface area contributed by atoms with Crippen molar-refractivity contribution in [2.75, 3.05) is 101 Å². The molecule has 0 aromatic carbocycles. The molecule has 0 saturated heterocycles. The molecule has 0 rings (SSSR count). The Kier molecular flexibility index (Phi) is 39.2. The van der Waals surface area contributed by atoms with Gasteiger partial charge in [-0.2, -0.15) is 23.5 Å². The van der Waals surface area contributed by atoms with E-state index in [4.69, 9.17) is 14.9 Å². The van der Waals surface area contributed by atoms with E-state index in [9.17, 15) is 9.00 Å². The summed E-state index contributed by atoms with van der Waals surface area (Å²) in [5.41, 5.74) is 0. The minimum atomic E-state index is -0.680. The SMILES string of the molecule is CCSCCS(=O)CSCSCSCSCSC(=O)CSCSCSCSCCOOCCSCCO. The molecule has 0 fully saturated rings. The van der Waals surface area contributed by atoms with Gasteiger partial charge in [0.25, 0.3) is 0 Å². The predicted molar refractivity (Wildman–Crippen MR) is 194 cm³/mol. The Bertz CT molecular complexity index is 510. The number of hydrogen-bond donors (Lipinski definition) is 1. The van der Waals surface area contributed by atoms with Crippen LogP contribution in [-0.2, 0) is 25.4 Å². The van der Waals surface area contributed by atoms with Crippen LogP contribution in [0.25, 0.3) is 0 Å². The fourth-order valence-electron chi connectivity index (χ4n) is 1.81. The Morgan fingerprint density at radius 3 is 1.89 bits per heavy atom. The van der Waals surface area contributed by atoms with Crippen molar-refractivity contribution in [3.63, 3.8) is 0 Å². The van der Waals surface area contributed by atoms with Gasteiger partial charge in [-0.1, -0.05) is 18.7 Å². The molecule has 0 amide bonds. The zero-order valence-electron chi connectivity index (χ0n) is 21.2. The number of carbonyl (C=O) groups excluding carboxylic acids is 1. The molecule has 1 unspecified atom stereocenters. The summed E-state index contributed by atoms with van der Waals surface area (Å²) in [5, 5.41) is 16.6. The average Bonchev–Trinajstić information content (AvgIpc) is 2.89. The first-order valence-electron chi connectivity index (χ1n) is 11.3. The summed E-state index contributed by atoms with van der Waals surface area (Å²) in [6.45, 7) is 3.49. The molecule has 0 aliphatic carbocycles. The molecular formula is C20H40O5S12. The number of aliphatic hydroxyl groups is 1. The second-order valence-corrected chi connectivity index (χ2v) is 22.4. The molecule has 222 valence electrons. The van der Waals surface area contributed by atoms with Crippen LogP contribution >= 0.6 is 129 Å². The summed E-state index contributed by atoms with van der Waals surface area (Å²) >= 11 is 19.6.